The van der Waals surface area contributed by atoms with Crippen LogP contribution < -0.4 is 10.1 Å². The fourth-order valence-electron chi connectivity index (χ4n) is 10.1. The van der Waals surface area contributed by atoms with Crippen molar-refractivity contribution in [3.8, 4) is 5.75 Å². The third kappa shape index (κ3) is 6.98. The highest BCUT2D eigenvalue weighted by Crippen LogP contribution is 2.64. The first-order valence-electron chi connectivity index (χ1n) is 20.0. The first-order chi connectivity index (χ1) is 28.4. The van der Waals surface area contributed by atoms with Crippen LogP contribution in [0.15, 0.2) is 102 Å². The summed E-state index contributed by atoms with van der Waals surface area (Å²) in [4.78, 5) is 69.1. The van der Waals surface area contributed by atoms with Gasteiger partial charge in [0.2, 0.25) is 0 Å². The monoisotopic (exact) mass is 825 g/mol. The first-order valence-corrected chi connectivity index (χ1v) is 20.0. The highest BCUT2D eigenvalue weighted by atomic mass is 16.6. The third-order valence-corrected chi connectivity index (χ3v) is 13.2. The summed E-state index contributed by atoms with van der Waals surface area (Å²) in [5, 5.41) is 40.3. The number of benzene rings is 3. The summed E-state index contributed by atoms with van der Waals surface area (Å²) in [6.45, 7) is 8.52. The van der Waals surface area contributed by atoms with E-state index in [1.807, 2.05) is 0 Å². The topological polar surface area (TPSA) is 204 Å². The second kappa shape index (κ2) is 15.9. The molecular formula is C46H51NO13. The van der Waals surface area contributed by atoms with Crippen LogP contribution in [0.25, 0.3) is 0 Å². The molecule has 14 heteroatoms. The first kappa shape index (κ1) is 42.7. The van der Waals surface area contributed by atoms with Gasteiger partial charge in [-0.15, -0.1) is 0 Å². The number of aliphatic hydroxyl groups excluding tert-OH is 2. The predicted molar refractivity (Wildman–Crippen MR) is 213 cm³/mol. The average molecular weight is 826 g/mol. The molecule has 0 aromatic heterocycles. The number of Topliss-reactive ketones (excluding diaryl/α,β-unsaturated/α-hetero) is 1. The van der Waals surface area contributed by atoms with E-state index in [4.69, 9.17) is 23.7 Å². The minimum atomic E-state index is -2.18. The summed E-state index contributed by atoms with van der Waals surface area (Å²) in [5.41, 5.74) is -6.18. The second-order valence-corrected chi connectivity index (χ2v) is 17.0. The lowest BCUT2D eigenvalue weighted by molar-refractivity contribution is -0.343. The Bertz CT molecular complexity index is 2180. The summed E-state index contributed by atoms with van der Waals surface area (Å²) in [5.74, 6) is -5.10. The fourth-order valence-corrected chi connectivity index (χ4v) is 10.1. The van der Waals surface area contributed by atoms with Crippen molar-refractivity contribution in [3.63, 3.8) is 0 Å². The Kier molecular flexibility index (Phi) is 11.3. The van der Waals surface area contributed by atoms with Crippen LogP contribution in [0.1, 0.15) is 76.3 Å². The van der Waals surface area contributed by atoms with E-state index in [-0.39, 0.29) is 35.5 Å². The molecule has 3 aromatic rings. The quantitative estimate of drug-likeness (QED) is 0.130. The molecule has 1 amide bonds. The molecule has 1 saturated heterocycles. The lowest BCUT2D eigenvalue weighted by Crippen LogP contribution is -2.82. The van der Waals surface area contributed by atoms with Crippen molar-refractivity contribution >= 4 is 29.6 Å². The Balaban J connectivity index is 1.38. The van der Waals surface area contributed by atoms with Gasteiger partial charge in [-0.25, -0.2) is 4.79 Å². The number of rotatable bonds is 10. The van der Waals surface area contributed by atoms with E-state index in [1.165, 1.54) is 13.8 Å². The Labute approximate surface area is 347 Å². The molecule has 1 aliphatic heterocycles. The SMILES string of the molecule is CC(=O)O[C@H]1C(=O)[C@]2(C)C(O)C[C@H]3OC[C@@]3(OC(C)=O)C2[C@H](Oc2ccccc2)[C@]2(O)C[C@H](OC(=O)[C@H](O)[C@@H](NC(=O)c3ccccc3)c3ccccc3)C(C)=C1C2(C)C. The van der Waals surface area contributed by atoms with Gasteiger partial charge < -0.3 is 44.3 Å². The molecule has 60 heavy (non-hydrogen) atoms. The number of esters is 3. The van der Waals surface area contributed by atoms with Crippen LogP contribution in [-0.2, 0) is 38.1 Å². The third-order valence-electron chi connectivity index (χ3n) is 13.2. The zero-order valence-electron chi connectivity index (χ0n) is 34.3. The maximum atomic E-state index is 15.5. The van der Waals surface area contributed by atoms with E-state index in [9.17, 15) is 34.5 Å². The van der Waals surface area contributed by atoms with Crippen LogP contribution in [0.4, 0.5) is 0 Å². The van der Waals surface area contributed by atoms with Crippen LogP contribution in [0.5, 0.6) is 5.75 Å². The number of hydrogen-bond donors (Lipinski definition) is 4. The Hall–Kier alpha value is -5.41. The molecule has 3 aliphatic carbocycles. The minimum absolute atomic E-state index is 0.0998. The van der Waals surface area contributed by atoms with Gasteiger partial charge in [0, 0.05) is 37.7 Å². The molecular weight excluding hydrogens is 774 g/mol. The maximum absolute atomic E-state index is 15.5. The van der Waals surface area contributed by atoms with Crippen LogP contribution in [0, 0.1) is 16.7 Å². The van der Waals surface area contributed by atoms with Crippen LogP contribution >= 0.6 is 0 Å². The van der Waals surface area contributed by atoms with Gasteiger partial charge in [0.15, 0.2) is 23.6 Å². The number of para-hydroxylation sites is 1. The standard InChI is InChI=1S/C46H51NO13/c1-25-31(59-42(54)36(51)35(28-16-10-7-11-17-28)47-41(53)29-18-12-8-13-19-29)23-46(55)40(58-30-20-14-9-15-21-30)38-44(6,32(50)22-33-45(38,24-56-33)60-27(3)49)39(52)37(57-26(2)48)34(25)43(46,4)5/h7-21,31-33,35-38,40,50-51,55H,22-24H2,1-6H3,(H,47,53)/t31-,32?,33+,35-,36+,37+,38?,40-,44+,45-,46+/m0/s1. The van der Waals surface area contributed by atoms with Crippen molar-refractivity contribution in [1.82, 2.24) is 5.32 Å². The Morgan fingerprint density at radius 1 is 0.867 bits per heavy atom. The lowest BCUT2D eigenvalue weighted by atomic mass is 9.44. The molecule has 4 aliphatic rings. The Morgan fingerprint density at radius 3 is 2.03 bits per heavy atom. The summed E-state index contributed by atoms with van der Waals surface area (Å²) in [6, 6.07) is 23.8. The summed E-state index contributed by atoms with van der Waals surface area (Å²) in [6.07, 6.45) is -9.49. The van der Waals surface area contributed by atoms with E-state index in [0.717, 1.165) is 6.92 Å². The van der Waals surface area contributed by atoms with Crippen molar-refractivity contribution in [2.24, 2.45) is 16.7 Å². The molecule has 318 valence electrons. The molecule has 14 nitrogen and oxygen atoms in total. The van der Waals surface area contributed by atoms with E-state index >= 15 is 4.79 Å². The molecule has 3 aromatic carbocycles. The molecule has 0 spiro atoms. The molecule has 11 atom stereocenters. The summed E-state index contributed by atoms with van der Waals surface area (Å²) < 4.78 is 30.9. The highest BCUT2D eigenvalue weighted by molar-refractivity contribution is 5.96. The van der Waals surface area contributed by atoms with Crippen molar-refractivity contribution in [3.05, 3.63) is 113 Å². The minimum Gasteiger partial charge on any atom is -0.487 e. The number of amides is 1. The van der Waals surface area contributed by atoms with Gasteiger partial charge in [0.1, 0.15) is 29.7 Å². The number of ether oxygens (including phenoxy) is 5. The maximum Gasteiger partial charge on any atom is 0.338 e. The molecule has 0 radical (unpaired) electrons. The highest BCUT2D eigenvalue weighted by Gasteiger charge is 2.78. The zero-order valence-corrected chi connectivity index (χ0v) is 34.3. The van der Waals surface area contributed by atoms with Crippen molar-refractivity contribution in [1.29, 1.82) is 0 Å². The molecule has 2 unspecified atom stereocenters. The number of carbonyl (C=O) groups excluding carboxylic acids is 5. The lowest BCUT2D eigenvalue weighted by Gasteiger charge is -2.67. The largest absolute Gasteiger partial charge is 0.487 e. The fraction of sp³-hybridized carbons (Fsp3) is 0.457. The van der Waals surface area contributed by atoms with Crippen molar-refractivity contribution < 1.29 is 63.0 Å². The normalized spacial score (nSPS) is 32.6. The smallest absolute Gasteiger partial charge is 0.338 e. The average Bonchev–Trinajstić information content (AvgIpc) is 3.21. The Morgan fingerprint density at radius 2 is 1.47 bits per heavy atom. The number of fused-ring (bicyclic) bond motifs is 5. The molecule has 2 bridgehead atoms. The second-order valence-electron chi connectivity index (χ2n) is 17.0. The van der Waals surface area contributed by atoms with E-state index in [1.54, 1.807) is 112 Å². The molecule has 1 heterocycles. The van der Waals surface area contributed by atoms with Crippen molar-refractivity contribution in [2.45, 2.75) is 108 Å². The number of nitrogens with one attached hydrogen (secondary N) is 1. The number of carbonyl (C=O) groups is 5. The molecule has 7 rings (SSSR count). The van der Waals surface area contributed by atoms with Gasteiger partial charge in [-0.3, -0.25) is 19.2 Å². The molecule has 4 N–H and O–H groups in total. The van der Waals surface area contributed by atoms with Gasteiger partial charge in [-0.2, -0.15) is 0 Å². The predicted octanol–water partition coefficient (Wildman–Crippen LogP) is 3.96. The summed E-state index contributed by atoms with van der Waals surface area (Å²) in [7, 11) is 0. The van der Waals surface area contributed by atoms with Gasteiger partial charge in [0.05, 0.1) is 30.1 Å². The van der Waals surface area contributed by atoms with Gasteiger partial charge in [0.25, 0.3) is 5.91 Å². The number of ketones is 1. The van der Waals surface area contributed by atoms with E-state index in [0.29, 0.717) is 5.56 Å². The zero-order chi connectivity index (χ0) is 43.4. The van der Waals surface area contributed by atoms with Gasteiger partial charge in [-0.05, 0) is 54.8 Å². The van der Waals surface area contributed by atoms with Crippen LogP contribution in [0.3, 0.4) is 0 Å². The van der Waals surface area contributed by atoms with E-state index < -0.39 is 107 Å². The van der Waals surface area contributed by atoms with Crippen LogP contribution in [-0.4, -0.2) is 99.4 Å². The number of hydrogen-bond acceptors (Lipinski definition) is 13. The van der Waals surface area contributed by atoms with E-state index in [2.05, 4.69) is 5.32 Å². The van der Waals surface area contributed by atoms with Crippen LogP contribution in [0.2, 0.25) is 0 Å². The molecule has 2 saturated carbocycles. The van der Waals surface area contributed by atoms with Gasteiger partial charge >= 0.3 is 17.9 Å². The van der Waals surface area contributed by atoms with Crippen molar-refractivity contribution in [2.75, 3.05) is 6.61 Å². The van der Waals surface area contributed by atoms with Gasteiger partial charge in [-0.1, -0.05) is 80.6 Å². The molecule has 3 fully saturated rings. The summed E-state index contributed by atoms with van der Waals surface area (Å²) >= 11 is 0. The number of aliphatic hydroxyl groups is 3.